The summed E-state index contributed by atoms with van der Waals surface area (Å²) in [6.07, 6.45) is 4.18. The minimum absolute atomic E-state index is 0.0312. The van der Waals surface area contributed by atoms with Crippen LogP contribution in [0.1, 0.15) is 43.2 Å². The van der Waals surface area contributed by atoms with E-state index in [2.05, 4.69) is 60.1 Å². The Hall–Kier alpha value is -2.47. The van der Waals surface area contributed by atoms with Crippen LogP contribution < -0.4 is 5.32 Å². The number of benzene rings is 2. The third-order valence-electron chi connectivity index (χ3n) is 10.2. The van der Waals surface area contributed by atoms with E-state index in [4.69, 9.17) is 0 Å². The molecule has 9 nitrogen and oxygen atoms in total. The van der Waals surface area contributed by atoms with Crippen molar-refractivity contribution in [2.75, 3.05) is 64.7 Å². The van der Waals surface area contributed by atoms with Gasteiger partial charge in [-0.1, -0.05) is 24.3 Å². The SMILES string of the molecule is CN1CCN(C2CCN(C(=O)[C@@H](CC(=O)N3CCC(N4Cc5ccccc5NC4=O)CC3)Cc3ccc(Br)c(Br)c3)CC2)CC1. The molecule has 2 aromatic carbocycles. The van der Waals surface area contributed by atoms with Crippen LogP contribution in [0.3, 0.4) is 0 Å². The van der Waals surface area contributed by atoms with Gasteiger partial charge in [0.05, 0.1) is 5.92 Å². The molecule has 0 aliphatic carbocycles. The maximum atomic E-state index is 14.1. The zero-order valence-electron chi connectivity index (χ0n) is 26.1. The van der Waals surface area contributed by atoms with Crippen molar-refractivity contribution >= 4 is 55.4 Å². The molecule has 0 saturated carbocycles. The Morgan fingerprint density at radius 2 is 1.51 bits per heavy atom. The summed E-state index contributed by atoms with van der Waals surface area (Å²) in [7, 11) is 2.18. The van der Waals surface area contributed by atoms with E-state index in [1.807, 2.05) is 51.1 Å². The molecule has 4 aliphatic heterocycles. The molecule has 1 N–H and O–H groups in total. The molecule has 4 heterocycles. The fraction of sp³-hybridized carbons (Fsp3) is 0.559. The molecule has 0 unspecified atom stereocenters. The van der Waals surface area contributed by atoms with E-state index in [9.17, 15) is 14.4 Å². The van der Waals surface area contributed by atoms with Crippen LogP contribution in [0.25, 0.3) is 0 Å². The van der Waals surface area contributed by atoms with E-state index in [1.165, 1.54) is 0 Å². The number of halogens is 2. The van der Waals surface area contributed by atoms with Crippen LogP contribution >= 0.6 is 31.9 Å². The number of amides is 4. The highest BCUT2D eigenvalue weighted by atomic mass is 79.9. The number of hydrogen-bond acceptors (Lipinski definition) is 5. The highest BCUT2D eigenvalue weighted by Gasteiger charge is 2.36. The molecule has 4 amide bonds. The summed E-state index contributed by atoms with van der Waals surface area (Å²) in [5, 5.41) is 3.02. The zero-order chi connectivity index (χ0) is 31.5. The van der Waals surface area contributed by atoms with Crippen molar-refractivity contribution < 1.29 is 14.4 Å². The van der Waals surface area contributed by atoms with Gasteiger partial charge in [0.2, 0.25) is 11.8 Å². The number of fused-ring (bicyclic) bond motifs is 1. The number of piperidine rings is 2. The fourth-order valence-electron chi connectivity index (χ4n) is 7.38. The van der Waals surface area contributed by atoms with E-state index in [0.29, 0.717) is 32.1 Å². The Balaban J connectivity index is 1.07. The van der Waals surface area contributed by atoms with Gasteiger partial charge in [0.1, 0.15) is 0 Å². The van der Waals surface area contributed by atoms with Gasteiger partial charge in [-0.3, -0.25) is 14.5 Å². The second-order valence-electron chi connectivity index (χ2n) is 13.1. The summed E-state index contributed by atoms with van der Waals surface area (Å²) in [6.45, 7) is 7.66. The number of nitrogens with zero attached hydrogens (tertiary/aromatic N) is 5. The number of nitrogens with one attached hydrogen (secondary N) is 1. The van der Waals surface area contributed by atoms with Crippen molar-refractivity contribution in [2.24, 2.45) is 5.92 Å². The van der Waals surface area contributed by atoms with Crippen LogP contribution in [0.4, 0.5) is 10.5 Å². The third kappa shape index (κ3) is 7.75. The number of piperazine rings is 1. The molecule has 11 heteroatoms. The van der Waals surface area contributed by atoms with Crippen LogP contribution in [-0.2, 0) is 22.6 Å². The number of likely N-dealkylation sites (tertiary alicyclic amines) is 2. The lowest BCUT2D eigenvalue weighted by molar-refractivity contribution is -0.143. The molecule has 2 aromatic rings. The summed E-state index contributed by atoms with van der Waals surface area (Å²) in [4.78, 5) is 51.5. The molecule has 0 aromatic heterocycles. The average Bonchev–Trinajstić information content (AvgIpc) is 3.06. The zero-order valence-corrected chi connectivity index (χ0v) is 29.3. The summed E-state index contributed by atoms with van der Waals surface area (Å²) < 4.78 is 1.90. The predicted octanol–water partition coefficient (Wildman–Crippen LogP) is 5.04. The van der Waals surface area contributed by atoms with Gasteiger partial charge in [0, 0.05) is 92.0 Å². The van der Waals surface area contributed by atoms with Crippen molar-refractivity contribution in [3.05, 3.63) is 62.5 Å². The molecule has 6 rings (SSSR count). The van der Waals surface area contributed by atoms with Gasteiger partial charge in [0.15, 0.2) is 0 Å². The summed E-state index contributed by atoms with van der Waals surface area (Å²) in [6, 6.07) is 14.5. The third-order valence-corrected chi connectivity index (χ3v) is 12.1. The molecule has 242 valence electrons. The molecule has 3 saturated heterocycles. The van der Waals surface area contributed by atoms with Gasteiger partial charge < -0.3 is 24.9 Å². The average molecular weight is 745 g/mol. The van der Waals surface area contributed by atoms with E-state index >= 15 is 0 Å². The number of hydrogen-bond donors (Lipinski definition) is 1. The number of urea groups is 1. The van der Waals surface area contributed by atoms with Crippen LogP contribution in [-0.4, -0.2) is 114 Å². The van der Waals surface area contributed by atoms with Gasteiger partial charge in [-0.2, -0.15) is 0 Å². The topological polar surface area (TPSA) is 79.4 Å². The van der Waals surface area contributed by atoms with Gasteiger partial charge in [-0.15, -0.1) is 0 Å². The molecule has 0 spiro atoms. The van der Waals surface area contributed by atoms with Crippen molar-refractivity contribution in [2.45, 2.75) is 57.2 Å². The summed E-state index contributed by atoms with van der Waals surface area (Å²) in [5.41, 5.74) is 3.03. The molecule has 1 atom stereocenters. The number of carbonyl (C=O) groups excluding carboxylic acids is 3. The van der Waals surface area contributed by atoms with Gasteiger partial charge in [-0.25, -0.2) is 4.79 Å². The minimum atomic E-state index is -0.409. The first-order valence-electron chi connectivity index (χ1n) is 16.3. The number of likely N-dealkylation sites (N-methyl/N-ethyl adjacent to an activating group) is 1. The summed E-state index contributed by atoms with van der Waals surface area (Å²) in [5.74, 6) is -0.283. The maximum absolute atomic E-state index is 14.1. The lowest BCUT2D eigenvalue weighted by atomic mass is 9.92. The van der Waals surface area contributed by atoms with Crippen molar-refractivity contribution in [3.63, 3.8) is 0 Å². The first-order chi connectivity index (χ1) is 21.7. The van der Waals surface area contributed by atoms with Crippen molar-refractivity contribution in [3.8, 4) is 0 Å². The predicted molar refractivity (Wildman–Crippen MR) is 183 cm³/mol. The Morgan fingerprint density at radius 1 is 0.844 bits per heavy atom. The van der Waals surface area contributed by atoms with E-state index in [-0.39, 0.29) is 30.3 Å². The van der Waals surface area contributed by atoms with E-state index in [1.54, 1.807) is 0 Å². The second kappa shape index (κ2) is 14.5. The standard InChI is InChI=1S/C34H44Br2N6O3/c1-38-16-18-39(19-17-38)27-8-14-41(15-9-27)33(44)26(20-24-6-7-29(35)30(36)21-24)22-32(43)40-12-10-28(11-13-40)42-23-25-4-2-3-5-31(25)37-34(42)45/h2-7,21,26-28H,8-20,22-23H2,1H3,(H,37,45)/t26-/m1/s1. The highest BCUT2D eigenvalue weighted by molar-refractivity contribution is 9.13. The lowest BCUT2D eigenvalue weighted by Crippen LogP contribution is -2.54. The van der Waals surface area contributed by atoms with Crippen molar-refractivity contribution in [1.29, 1.82) is 0 Å². The molecular weight excluding hydrogens is 700 g/mol. The fourth-order valence-corrected chi connectivity index (χ4v) is 8.05. The maximum Gasteiger partial charge on any atom is 0.322 e. The largest absolute Gasteiger partial charge is 0.343 e. The van der Waals surface area contributed by atoms with Crippen LogP contribution in [0, 0.1) is 5.92 Å². The monoisotopic (exact) mass is 742 g/mol. The number of para-hydroxylation sites is 1. The van der Waals surface area contributed by atoms with Gasteiger partial charge in [-0.05, 0) is 100 Å². The highest BCUT2D eigenvalue weighted by Crippen LogP contribution is 2.30. The van der Waals surface area contributed by atoms with E-state index in [0.717, 1.165) is 90.7 Å². The normalized spacial score (nSPS) is 21.4. The Bertz CT molecular complexity index is 1380. The number of carbonyl (C=O) groups is 3. The molecule has 3 fully saturated rings. The Kier molecular flexibility index (Phi) is 10.5. The molecule has 0 bridgehead atoms. The minimum Gasteiger partial charge on any atom is -0.343 e. The first kappa shape index (κ1) is 32.5. The molecule has 45 heavy (non-hydrogen) atoms. The van der Waals surface area contributed by atoms with Crippen LogP contribution in [0.15, 0.2) is 51.4 Å². The summed E-state index contributed by atoms with van der Waals surface area (Å²) >= 11 is 7.15. The Morgan fingerprint density at radius 3 is 2.22 bits per heavy atom. The quantitative estimate of drug-likeness (QED) is 0.431. The number of anilines is 1. The van der Waals surface area contributed by atoms with Gasteiger partial charge in [0.25, 0.3) is 0 Å². The smallest absolute Gasteiger partial charge is 0.322 e. The van der Waals surface area contributed by atoms with Crippen molar-refractivity contribution in [1.82, 2.24) is 24.5 Å². The molecule has 0 radical (unpaired) electrons. The van der Waals surface area contributed by atoms with Crippen LogP contribution in [0.2, 0.25) is 0 Å². The van der Waals surface area contributed by atoms with Gasteiger partial charge >= 0.3 is 6.03 Å². The van der Waals surface area contributed by atoms with E-state index < -0.39 is 5.92 Å². The Labute approximate surface area is 283 Å². The second-order valence-corrected chi connectivity index (χ2v) is 14.8. The van der Waals surface area contributed by atoms with Crippen LogP contribution in [0.5, 0.6) is 0 Å². The lowest BCUT2D eigenvalue weighted by Gasteiger charge is -2.43. The molecule has 4 aliphatic rings. The first-order valence-corrected chi connectivity index (χ1v) is 17.9. The molecular formula is C34H44Br2N6O3. The number of rotatable bonds is 7.